The summed E-state index contributed by atoms with van der Waals surface area (Å²) in [5.41, 5.74) is 0.859. The molecule has 1 atom stereocenters. The second-order valence-corrected chi connectivity index (χ2v) is 5.92. The molecule has 23 heavy (non-hydrogen) atoms. The summed E-state index contributed by atoms with van der Waals surface area (Å²) in [7, 11) is 0. The zero-order chi connectivity index (χ0) is 16.1. The van der Waals surface area contributed by atoms with Crippen LogP contribution in [0.4, 0.5) is 0 Å². The zero-order valence-electron chi connectivity index (χ0n) is 13.8. The van der Waals surface area contributed by atoms with Crippen molar-refractivity contribution in [2.45, 2.75) is 32.7 Å². The van der Waals surface area contributed by atoms with Crippen LogP contribution in [-0.4, -0.2) is 17.9 Å². The van der Waals surface area contributed by atoms with Gasteiger partial charge in [-0.15, -0.1) is 0 Å². The standard InChI is InChI=1S/C18H21NO3.Na/c1-12(2)9-17(20)19-16(18(21)22)11-13-7-8-14-5-3-4-6-15(14)10-13;/h3-8,10,12,16H,9,11H2,1-2H3,(H,19,20)(H,21,22);/q;+1/p-1. The summed E-state index contributed by atoms with van der Waals surface area (Å²) in [6.45, 7) is 3.83. The average molecular weight is 321 g/mol. The second-order valence-electron chi connectivity index (χ2n) is 5.92. The van der Waals surface area contributed by atoms with E-state index in [0.29, 0.717) is 6.42 Å². The maximum Gasteiger partial charge on any atom is 1.00 e. The number of carboxylic acids is 1. The van der Waals surface area contributed by atoms with Crippen LogP contribution in [0.5, 0.6) is 0 Å². The van der Waals surface area contributed by atoms with E-state index in [9.17, 15) is 14.7 Å². The van der Waals surface area contributed by atoms with E-state index < -0.39 is 12.0 Å². The Morgan fingerprint density at radius 3 is 2.35 bits per heavy atom. The first-order valence-corrected chi connectivity index (χ1v) is 7.43. The molecule has 2 aromatic carbocycles. The van der Waals surface area contributed by atoms with Crippen molar-refractivity contribution in [3.8, 4) is 0 Å². The topological polar surface area (TPSA) is 69.2 Å². The van der Waals surface area contributed by atoms with Gasteiger partial charge in [0.1, 0.15) is 0 Å². The monoisotopic (exact) mass is 321 g/mol. The first-order valence-electron chi connectivity index (χ1n) is 7.43. The van der Waals surface area contributed by atoms with E-state index in [2.05, 4.69) is 5.32 Å². The Kier molecular flexibility index (Phi) is 7.76. The number of amides is 1. The molecule has 1 N–H and O–H groups in total. The van der Waals surface area contributed by atoms with Gasteiger partial charge in [-0.3, -0.25) is 4.79 Å². The van der Waals surface area contributed by atoms with Gasteiger partial charge in [0.15, 0.2) is 0 Å². The van der Waals surface area contributed by atoms with Crippen molar-refractivity contribution in [2.24, 2.45) is 5.92 Å². The molecule has 0 radical (unpaired) electrons. The summed E-state index contributed by atoms with van der Waals surface area (Å²) in [6, 6.07) is 12.6. The number of nitrogens with one attached hydrogen (secondary N) is 1. The number of carboxylic acid groups (broad SMARTS) is 1. The summed E-state index contributed by atoms with van der Waals surface area (Å²) in [5.74, 6) is -1.33. The molecule has 0 bridgehead atoms. The number of hydrogen-bond donors (Lipinski definition) is 1. The summed E-state index contributed by atoms with van der Waals surface area (Å²) in [6.07, 6.45) is 0.526. The molecule has 2 aromatic rings. The summed E-state index contributed by atoms with van der Waals surface area (Å²) >= 11 is 0. The van der Waals surface area contributed by atoms with Gasteiger partial charge in [0.2, 0.25) is 5.91 Å². The van der Waals surface area contributed by atoms with Crippen molar-refractivity contribution in [1.82, 2.24) is 5.32 Å². The smallest absolute Gasteiger partial charge is 0.548 e. The minimum Gasteiger partial charge on any atom is -0.548 e. The molecule has 0 aliphatic carbocycles. The molecule has 1 amide bonds. The second kappa shape index (κ2) is 9.06. The van der Waals surface area contributed by atoms with E-state index in [1.54, 1.807) is 0 Å². The van der Waals surface area contributed by atoms with Crippen LogP contribution < -0.4 is 40.0 Å². The van der Waals surface area contributed by atoms with Crippen molar-refractivity contribution in [2.75, 3.05) is 0 Å². The van der Waals surface area contributed by atoms with E-state index in [1.165, 1.54) is 0 Å². The maximum absolute atomic E-state index is 11.8. The van der Waals surface area contributed by atoms with Crippen LogP contribution in [0.1, 0.15) is 25.8 Å². The molecule has 0 heterocycles. The normalized spacial score (nSPS) is 11.8. The first kappa shape index (κ1) is 19.7. The molecule has 0 spiro atoms. The van der Waals surface area contributed by atoms with Gasteiger partial charge in [0.05, 0.1) is 12.0 Å². The average Bonchev–Trinajstić information content (AvgIpc) is 2.45. The molecule has 0 fully saturated rings. The molecule has 116 valence electrons. The Morgan fingerprint density at radius 1 is 1.09 bits per heavy atom. The van der Waals surface area contributed by atoms with E-state index in [4.69, 9.17) is 0 Å². The fourth-order valence-electron chi connectivity index (χ4n) is 2.42. The summed E-state index contributed by atoms with van der Waals surface area (Å²) in [5, 5.41) is 16.0. The molecular weight excluding hydrogens is 301 g/mol. The van der Waals surface area contributed by atoms with Gasteiger partial charge in [-0.2, -0.15) is 0 Å². The van der Waals surface area contributed by atoms with Crippen LogP contribution in [0, 0.1) is 5.92 Å². The van der Waals surface area contributed by atoms with E-state index >= 15 is 0 Å². The van der Waals surface area contributed by atoms with Crippen LogP contribution >= 0.6 is 0 Å². The Balaban J connectivity index is 0.00000264. The predicted octanol–water partition coefficient (Wildman–Crippen LogP) is -1.33. The fraction of sp³-hybridized carbons (Fsp3) is 0.333. The van der Waals surface area contributed by atoms with Gasteiger partial charge in [-0.1, -0.05) is 56.3 Å². The molecule has 5 heteroatoms. The quantitative estimate of drug-likeness (QED) is 0.670. The van der Waals surface area contributed by atoms with E-state index in [-0.39, 0.29) is 47.8 Å². The molecule has 0 aliphatic rings. The Bertz CT molecular complexity index is 685. The molecule has 0 saturated carbocycles. The first-order chi connectivity index (χ1) is 10.5. The number of carbonyl (C=O) groups is 2. The van der Waals surface area contributed by atoms with Gasteiger partial charge < -0.3 is 15.2 Å². The predicted molar refractivity (Wildman–Crippen MR) is 84.0 cm³/mol. The number of hydrogen-bond acceptors (Lipinski definition) is 3. The molecular formula is C18H20NNaO3. The third kappa shape index (κ3) is 5.98. The third-order valence-corrected chi connectivity index (χ3v) is 3.47. The van der Waals surface area contributed by atoms with Crippen LogP contribution in [-0.2, 0) is 16.0 Å². The van der Waals surface area contributed by atoms with Crippen molar-refractivity contribution >= 4 is 22.6 Å². The molecule has 0 aliphatic heterocycles. The molecule has 4 nitrogen and oxygen atoms in total. The number of rotatable bonds is 6. The zero-order valence-corrected chi connectivity index (χ0v) is 15.8. The molecule has 2 rings (SSSR count). The summed E-state index contributed by atoms with van der Waals surface area (Å²) < 4.78 is 0. The van der Waals surface area contributed by atoms with E-state index in [0.717, 1.165) is 16.3 Å². The number of aliphatic carboxylic acids is 1. The minimum atomic E-state index is -1.26. The Labute approximate surface area is 158 Å². The maximum atomic E-state index is 11.8. The van der Waals surface area contributed by atoms with Gasteiger partial charge in [-0.25, -0.2) is 0 Å². The number of fused-ring (bicyclic) bond motifs is 1. The van der Waals surface area contributed by atoms with Crippen LogP contribution in [0.3, 0.4) is 0 Å². The van der Waals surface area contributed by atoms with E-state index in [1.807, 2.05) is 56.3 Å². The van der Waals surface area contributed by atoms with Crippen molar-refractivity contribution in [1.29, 1.82) is 0 Å². The third-order valence-electron chi connectivity index (χ3n) is 3.47. The van der Waals surface area contributed by atoms with Crippen LogP contribution in [0.2, 0.25) is 0 Å². The molecule has 0 saturated heterocycles. The van der Waals surface area contributed by atoms with Crippen LogP contribution in [0.25, 0.3) is 10.8 Å². The molecule has 0 aromatic heterocycles. The van der Waals surface area contributed by atoms with Gasteiger partial charge >= 0.3 is 29.6 Å². The van der Waals surface area contributed by atoms with Gasteiger partial charge in [-0.05, 0) is 28.7 Å². The van der Waals surface area contributed by atoms with Crippen molar-refractivity contribution < 1.29 is 44.3 Å². The van der Waals surface area contributed by atoms with Gasteiger partial charge in [0, 0.05) is 6.42 Å². The molecule has 1 unspecified atom stereocenters. The number of carbonyl (C=O) groups excluding carboxylic acids is 2. The van der Waals surface area contributed by atoms with Gasteiger partial charge in [0.25, 0.3) is 0 Å². The minimum absolute atomic E-state index is 0. The summed E-state index contributed by atoms with van der Waals surface area (Å²) in [4.78, 5) is 23.0. The Hall–Kier alpha value is -1.36. The SMILES string of the molecule is CC(C)CC(=O)NC(Cc1ccc2ccccc2c1)C(=O)[O-].[Na+]. The largest absolute Gasteiger partial charge is 1.00 e. The van der Waals surface area contributed by atoms with Crippen molar-refractivity contribution in [3.05, 3.63) is 48.0 Å². The Morgan fingerprint density at radius 2 is 1.74 bits per heavy atom. The number of benzene rings is 2. The van der Waals surface area contributed by atoms with Crippen molar-refractivity contribution in [3.63, 3.8) is 0 Å². The fourth-order valence-corrected chi connectivity index (χ4v) is 2.42. The van der Waals surface area contributed by atoms with Crippen LogP contribution in [0.15, 0.2) is 42.5 Å².